The molecule has 6 nitrogen and oxygen atoms in total. The van der Waals surface area contributed by atoms with E-state index in [9.17, 15) is 9.59 Å². The minimum absolute atomic E-state index is 0.0632. The Morgan fingerprint density at radius 2 is 1.89 bits per heavy atom. The van der Waals surface area contributed by atoms with Crippen LogP contribution < -0.4 is 5.32 Å². The molecule has 0 bridgehead atoms. The second-order valence-corrected chi connectivity index (χ2v) is 4.97. The number of likely N-dealkylation sites (N-methyl/N-ethyl adjacent to an activating group) is 1. The van der Waals surface area contributed by atoms with Crippen molar-refractivity contribution in [1.29, 1.82) is 0 Å². The number of imide groups is 1. The number of carbonyl (C=O) groups excluding carboxylic acids is 2. The van der Waals surface area contributed by atoms with Crippen LogP contribution in [-0.2, 0) is 4.79 Å². The first-order chi connectivity index (χ1) is 8.61. The van der Waals surface area contributed by atoms with E-state index in [1.807, 2.05) is 25.8 Å². The van der Waals surface area contributed by atoms with E-state index < -0.39 is 0 Å². The number of nitrogens with one attached hydrogen (secondary N) is 1. The molecule has 2 aliphatic rings. The summed E-state index contributed by atoms with van der Waals surface area (Å²) < 4.78 is 0. The van der Waals surface area contributed by atoms with Crippen LogP contribution in [0.2, 0.25) is 0 Å². The molecule has 3 amide bonds. The fourth-order valence-electron chi connectivity index (χ4n) is 2.73. The molecule has 6 heteroatoms. The van der Waals surface area contributed by atoms with Gasteiger partial charge in [0.05, 0.1) is 6.67 Å². The van der Waals surface area contributed by atoms with Crippen LogP contribution in [-0.4, -0.2) is 65.7 Å². The van der Waals surface area contributed by atoms with Crippen molar-refractivity contribution in [2.24, 2.45) is 0 Å². The Balaban J connectivity index is 2.26. The van der Waals surface area contributed by atoms with E-state index in [4.69, 9.17) is 0 Å². The van der Waals surface area contributed by atoms with E-state index in [-0.39, 0.29) is 24.1 Å². The molecule has 102 valence electrons. The molecule has 2 atom stereocenters. The van der Waals surface area contributed by atoms with Crippen LogP contribution in [0.15, 0.2) is 0 Å². The van der Waals surface area contributed by atoms with Gasteiger partial charge < -0.3 is 4.90 Å². The normalized spacial score (nSPS) is 29.1. The van der Waals surface area contributed by atoms with E-state index in [0.717, 1.165) is 12.8 Å². The van der Waals surface area contributed by atoms with Gasteiger partial charge in [0.1, 0.15) is 12.2 Å². The summed E-state index contributed by atoms with van der Waals surface area (Å²) in [6, 6.07) is -0.381. The molecule has 0 aromatic carbocycles. The lowest BCUT2D eigenvalue weighted by Crippen LogP contribution is -2.67. The van der Waals surface area contributed by atoms with E-state index >= 15 is 0 Å². The van der Waals surface area contributed by atoms with Gasteiger partial charge in [-0.1, -0.05) is 13.8 Å². The van der Waals surface area contributed by atoms with Crippen molar-refractivity contribution in [3.63, 3.8) is 0 Å². The van der Waals surface area contributed by atoms with E-state index in [0.29, 0.717) is 19.8 Å². The maximum atomic E-state index is 12.4. The average molecular weight is 254 g/mol. The lowest BCUT2D eigenvalue weighted by Gasteiger charge is -2.42. The minimum Gasteiger partial charge on any atom is -0.307 e. The van der Waals surface area contributed by atoms with Crippen LogP contribution in [0.1, 0.15) is 26.7 Å². The van der Waals surface area contributed by atoms with Gasteiger partial charge in [-0.2, -0.15) is 0 Å². The Morgan fingerprint density at radius 1 is 1.22 bits per heavy atom. The summed E-state index contributed by atoms with van der Waals surface area (Å²) in [6.07, 6.45) is 1.53. The number of urea groups is 1. The van der Waals surface area contributed by atoms with Crippen molar-refractivity contribution >= 4 is 11.9 Å². The van der Waals surface area contributed by atoms with E-state index in [2.05, 4.69) is 5.32 Å². The molecule has 2 unspecified atom stereocenters. The number of carbonyl (C=O) groups is 2. The molecule has 0 aromatic heterocycles. The van der Waals surface area contributed by atoms with E-state index in [1.165, 1.54) is 4.90 Å². The maximum Gasteiger partial charge on any atom is 0.328 e. The first kappa shape index (κ1) is 13.3. The highest BCUT2D eigenvalue weighted by molar-refractivity contribution is 6.00. The zero-order valence-electron chi connectivity index (χ0n) is 11.3. The number of amides is 3. The van der Waals surface area contributed by atoms with Crippen molar-refractivity contribution < 1.29 is 9.59 Å². The first-order valence-electron chi connectivity index (χ1n) is 6.67. The summed E-state index contributed by atoms with van der Waals surface area (Å²) in [5, 5.41) is 3.25. The molecule has 2 fully saturated rings. The molecular formula is C12H22N4O2. The summed E-state index contributed by atoms with van der Waals surface area (Å²) in [5.74, 6) is -0.0632. The minimum atomic E-state index is -0.235. The largest absolute Gasteiger partial charge is 0.328 e. The molecule has 2 saturated heterocycles. The van der Waals surface area contributed by atoms with Crippen LogP contribution in [0, 0.1) is 0 Å². The van der Waals surface area contributed by atoms with Gasteiger partial charge in [-0.3, -0.25) is 19.9 Å². The standard InChI is InChI=1S/C12H22N4O2/c1-4-6-15-10-9(14(3)8-13-10)11(17)16(7-5-2)12(15)18/h9-10,13H,4-8H2,1-3H3. The molecule has 0 saturated carbocycles. The van der Waals surface area contributed by atoms with Crippen molar-refractivity contribution in [3.05, 3.63) is 0 Å². The van der Waals surface area contributed by atoms with Crippen molar-refractivity contribution in [2.75, 3.05) is 26.8 Å². The number of fused-ring (bicyclic) bond motifs is 1. The molecule has 0 spiro atoms. The third kappa shape index (κ3) is 1.99. The zero-order chi connectivity index (χ0) is 13.3. The topological polar surface area (TPSA) is 55.9 Å². The highest BCUT2D eigenvalue weighted by Crippen LogP contribution is 2.23. The molecule has 1 N–H and O–H groups in total. The maximum absolute atomic E-state index is 12.4. The van der Waals surface area contributed by atoms with Crippen molar-refractivity contribution in [2.45, 2.75) is 38.9 Å². The van der Waals surface area contributed by atoms with Gasteiger partial charge in [-0.25, -0.2) is 4.79 Å². The van der Waals surface area contributed by atoms with Crippen LogP contribution in [0.3, 0.4) is 0 Å². The Kier molecular flexibility index (Phi) is 3.87. The van der Waals surface area contributed by atoms with Gasteiger partial charge in [-0.05, 0) is 19.9 Å². The number of hydrogen-bond acceptors (Lipinski definition) is 4. The average Bonchev–Trinajstić information content (AvgIpc) is 2.72. The van der Waals surface area contributed by atoms with Crippen molar-refractivity contribution in [1.82, 2.24) is 20.0 Å². The molecule has 18 heavy (non-hydrogen) atoms. The second kappa shape index (κ2) is 5.24. The smallest absolute Gasteiger partial charge is 0.307 e. The Hall–Kier alpha value is -1.14. The lowest BCUT2D eigenvalue weighted by molar-refractivity contribution is -0.137. The Labute approximate surface area is 108 Å². The van der Waals surface area contributed by atoms with Gasteiger partial charge in [-0.15, -0.1) is 0 Å². The monoisotopic (exact) mass is 254 g/mol. The quantitative estimate of drug-likeness (QED) is 0.782. The van der Waals surface area contributed by atoms with Crippen LogP contribution in [0.5, 0.6) is 0 Å². The van der Waals surface area contributed by atoms with Gasteiger partial charge in [0.2, 0.25) is 0 Å². The molecule has 0 aliphatic carbocycles. The van der Waals surface area contributed by atoms with Gasteiger partial charge >= 0.3 is 6.03 Å². The summed E-state index contributed by atoms with van der Waals surface area (Å²) >= 11 is 0. The molecule has 0 aromatic rings. The van der Waals surface area contributed by atoms with Crippen LogP contribution in [0.25, 0.3) is 0 Å². The molecule has 2 aliphatic heterocycles. The van der Waals surface area contributed by atoms with Gasteiger partial charge in [0, 0.05) is 13.1 Å². The predicted octanol–water partition coefficient (Wildman–Crippen LogP) is 0.258. The van der Waals surface area contributed by atoms with Crippen molar-refractivity contribution in [3.8, 4) is 0 Å². The summed E-state index contributed by atoms with van der Waals surface area (Å²) in [7, 11) is 1.92. The predicted molar refractivity (Wildman–Crippen MR) is 67.7 cm³/mol. The molecule has 2 heterocycles. The second-order valence-electron chi connectivity index (χ2n) is 4.97. The highest BCUT2D eigenvalue weighted by Gasteiger charge is 2.50. The number of nitrogens with zero attached hydrogens (tertiary/aromatic N) is 3. The van der Waals surface area contributed by atoms with Crippen LogP contribution >= 0.6 is 0 Å². The molecule has 0 radical (unpaired) electrons. The SMILES string of the molecule is CCCN1C(=O)C2C(NCN2C)N(CCC)C1=O. The highest BCUT2D eigenvalue weighted by atomic mass is 16.2. The first-order valence-corrected chi connectivity index (χ1v) is 6.67. The van der Waals surface area contributed by atoms with E-state index in [1.54, 1.807) is 4.90 Å². The third-order valence-corrected chi connectivity index (χ3v) is 3.57. The fraction of sp³-hybridized carbons (Fsp3) is 0.833. The summed E-state index contributed by atoms with van der Waals surface area (Å²) in [6.45, 7) is 5.87. The Bertz CT molecular complexity index is 347. The fourth-order valence-corrected chi connectivity index (χ4v) is 2.73. The lowest BCUT2D eigenvalue weighted by atomic mass is 10.1. The third-order valence-electron chi connectivity index (χ3n) is 3.57. The van der Waals surface area contributed by atoms with Gasteiger partial charge in [0.25, 0.3) is 5.91 Å². The molecular weight excluding hydrogens is 232 g/mol. The summed E-state index contributed by atoms with van der Waals surface area (Å²) in [5.41, 5.74) is 0. The van der Waals surface area contributed by atoms with Gasteiger partial charge in [0.15, 0.2) is 0 Å². The number of rotatable bonds is 4. The Morgan fingerprint density at radius 3 is 2.50 bits per heavy atom. The zero-order valence-corrected chi connectivity index (χ0v) is 11.3. The summed E-state index contributed by atoms with van der Waals surface area (Å²) in [4.78, 5) is 29.9. The molecule has 2 rings (SSSR count). The number of hydrogen-bond donors (Lipinski definition) is 1. The van der Waals surface area contributed by atoms with Crippen LogP contribution in [0.4, 0.5) is 4.79 Å².